The van der Waals surface area contributed by atoms with E-state index in [2.05, 4.69) is 52.4 Å². The maximum absolute atomic E-state index is 5.19. The van der Waals surface area contributed by atoms with E-state index >= 15 is 0 Å². The number of thiophene rings is 1. The zero-order valence-corrected chi connectivity index (χ0v) is 12.8. The quantitative estimate of drug-likeness (QED) is 0.888. The summed E-state index contributed by atoms with van der Waals surface area (Å²) in [5, 5.41) is 3.51. The summed E-state index contributed by atoms with van der Waals surface area (Å²) in [6.45, 7) is 3.06. The number of benzene rings is 1. The van der Waals surface area contributed by atoms with Gasteiger partial charge in [-0.3, -0.25) is 0 Å². The van der Waals surface area contributed by atoms with E-state index in [1.165, 1.54) is 10.4 Å². The summed E-state index contributed by atoms with van der Waals surface area (Å²) in [6, 6.07) is 12.7. The summed E-state index contributed by atoms with van der Waals surface area (Å²) >= 11 is 5.28. The summed E-state index contributed by atoms with van der Waals surface area (Å²) in [5.41, 5.74) is 1.26. The van der Waals surface area contributed by atoms with E-state index in [1.54, 1.807) is 18.4 Å². The smallest absolute Gasteiger partial charge is 0.118 e. The van der Waals surface area contributed by atoms with Gasteiger partial charge in [0.2, 0.25) is 0 Å². The first-order valence-electron chi connectivity index (χ1n) is 5.87. The Balaban J connectivity index is 2.28. The third-order valence-electron chi connectivity index (χ3n) is 2.74. The summed E-state index contributed by atoms with van der Waals surface area (Å²) < 4.78 is 6.35. The Morgan fingerprint density at radius 1 is 1.22 bits per heavy atom. The molecule has 1 atom stereocenters. The summed E-state index contributed by atoms with van der Waals surface area (Å²) in [7, 11) is 1.69. The van der Waals surface area contributed by atoms with Crippen LogP contribution in [0.5, 0.6) is 5.75 Å². The lowest BCUT2D eigenvalue weighted by atomic mass is 10.1. The number of hydrogen-bond donors (Lipinski definition) is 1. The second-order valence-corrected chi connectivity index (χ2v) is 6.40. The molecule has 1 N–H and O–H groups in total. The highest BCUT2D eigenvalue weighted by Gasteiger charge is 2.14. The van der Waals surface area contributed by atoms with E-state index in [4.69, 9.17) is 4.74 Å². The van der Waals surface area contributed by atoms with Gasteiger partial charge in [0.25, 0.3) is 0 Å². The molecule has 0 radical (unpaired) electrons. The number of hydrogen-bond acceptors (Lipinski definition) is 3. The van der Waals surface area contributed by atoms with Crippen LogP contribution in [-0.2, 0) is 0 Å². The summed E-state index contributed by atoms with van der Waals surface area (Å²) in [5.74, 6) is 0.890. The van der Waals surface area contributed by atoms with Crippen molar-refractivity contribution in [3.63, 3.8) is 0 Å². The van der Waals surface area contributed by atoms with E-state index in [9.17, 15) is 0 Å². The van der Waals surface area contributed by atoms with Gasteiger partial charge >= 0.3 is 0 Å². The molecule has 1 aromatic carbocycles. The van der Waals surface area contributed by atoms with Crippen LogP contribution in [0.25, 0.3) is 0 Å². The largest absolute Gasteiger partial charge is 0.497 e. The van der Waals surface area contributed by atoms with Gasteiger partial charge in [-0.15, -0.1) is 11.3 Å². The molecule has 2 rings (SSSR count). The molecule has 0 spiro atoms. The predicted octanol–water partition coefficient (Wildman–Crippen LogP) is 4.22. The SMILES string of the molecule is CCNC(c1ccc(OC)cc1)c1ccc(Br)s1. The van der Waals surface area contributed by atoms with Gasteiger partial charge in [0.1, 0.15) is 5.75 Å². The summed E-state index contributed by atoms with van der Waals surface area (Å²) in [4.78, 5) is 1.31. The molecule has 0 bridgehead atoms. The maximum atomic E-state index is 5.19. The van der Waals surface area contributed by atoms with E-state index in [-0.39, 0.29) is 6.04 Å². The molecular formula is C14H16BrNOS. The van der Waals surface area contributed by atoms with Crippen LogP contribution in [-0.4, -0.2) is 13.7 Å². The summed E-state index contributed by atoms with van der Waals surface area (Å²) in [6.07, 6.45) is 0. The van der Waals surface area contributed by atoms with E-state index in [0.29, 0.717) is 0 Å². The Hall–Kier alpha value is -0.840. The van der Waals surface area contributed by atoms with Crippen molar-refractivity contribution in [3.05, 3.63) is 50.6 Å². The van der Waals surface area contributed by atoms with Gasteiger partial charge in [0.15, 0.2) is 0 Å². The highest BCUT2D eigenvalue weighted by Crippen LogP contribution is 2.31. The zero-order chi connectivity index (χ0) is 13.0. The number of nitrogens with one attached hydrogen (secondary N) is 1. The van der Waals surface area contributed by atoms with Crippen molar-refractivity contribution in [3.8, 4) is 5.75 Å². The minimum absolute atomic E-state index is 0.247. The standard InChI is InChI=1S/C14H16BrNOS/c1-3-16-14(12-8-9-13(15)18-12)10-4-6-11(17-2)7-5-10/h4-9,14,16H,3H2,1-2H3. The number of rotatable bonds is 5. The molecule has 0 saturated carbocycles. The lowest BCUT2D eigenvalue weighted by Crippen LogP contribution is -2.20. The maximum Gasteiger partial charge on any atom is 0.118 e. The van der Waals surface area contributed by atoms with Crippen molar-refractivity contribution < 1.29 is 4.74 Å². The van der Waals surface area contributed by atoms with Crippen molar-refractivity contribution in [2.75, 3.05) is 13.7 Å². The third-order valence-corrected chi connectivity index (χ3v) is 4.42. The van der Waals surface area contributed by atoms with Gasteiger partial charge in [0, 0.05) is 4.88 Å². The highest BCUT2D eigenvalue weighted by molar-refractivity contribution is 9.11. The Morgan fingerprint density at radius 3 is 2.44 bits per heavy atom. The van der Waals surface area contributed by atoms with Gasteiger partial charge < -0.3 is 10.1 Å². The van der Waals surface area contributed by atoms with Crippen LogP contribution in [0.1, 0.15) is 23.4 Å². The van der Waals surface area contributed by atoms with Gasteiger partial charge in [-0.25, -0.2) is 0 Å². The molecule has 0 saturated heterocycles. The van der Waals surface area contributed by atoms with E-state index in [0.717, 1.165) is 16.1 Å². The Bertz CT molecular complexity index is 495. The third kappa shape index (κ3) is 3.13. The molecule has 0 aliphatic carbocycles. The Kier molecular flexibility index (Phi) is 4.80. The van der Waals surface area contributed by atoms with Crippen molar-refractivity contribution in [2.45, 2.75) is 13.0 Å². The molecular weight excluding hydrogens is 310 g/mol. The molecule has 1 unspecified atom stereocenters. The fourth-order valence-corrected chi connectivity index (χ4v) is 3.39. The Labute approximate surface area is 120 Å². The molecule has 96 valence electrons. The molecule has 1 aromatic heterocycles. The molecule has 18 heavy (non-hydrogen) atoms. The lowest BCUT2D eigenvalue weighted by molar-refractivity contribution is 0.414. The van der Waals surface area contributed by atoms with Crippen molar-refractivity contribution in [1.82, 2.24) is 5.32 Å². The molecule has 0 aliphatic rings. The van der Waals surface area contributed by atoms with E-state index < -0.39 is 0 Å². The van der Waals surface area contributed by atoms with Crippen LogP contribution in [0.15, 0.2) is 40.2 Å². The molecule has 0 fully saturated rings. The van der Waals surface area contributed by atoms with Gasteiger partial charge in [-0.2, -0.15) is 0 Å². The fourth-order valence-electron chi connectivity index (χ4n) is 1.87. The van der Waals surface area contributed by atoms with Gasteiger partial charge in [-0.1, -0.05) is 19.1 Å². The van der Waals surface area contributed by atoms with Crippen LogP contribution in [0.2, 0.25) is 0 Å². The minimum atomic E-state index is 0.247. The van der Waals surface area contributed by atoms with Crippen molar-refractivity contribution >= 4 is 27.3 Å². The molecule has 0 aliphatic heterocycles. The first kappa shape index (κ1) is 13.6. The van der Waals surface area contributed by atoms with Crippen molar-refractivity contribution in [2.24, 2.45) is 0 Å². The van der Waals surface area contributed by atoms with Crippen LogP contribution in [0.4, 0.5) is 0 Å². The van der Waals surface area contributed by atoms with Gasteiger partial charge in [-0.05, 0) is 52.3 Å². The monoisotopic (exact) mass is 325 g/mol. The van der Waals surface area contributed by atoms with E-state index in [1.807, 2.05) is 12.1 Å². The zero-order valence-electron chi connectivity index (χ0n) is 10.4. The first-order chi connectivity index (χ1) is 8.74. The highest BCUT2D eigenvalue weighted by atomic mass is 79.9. The van der Waals surface area contributed by atoms with Gasteiger partial charge in [0.05, 0.1) is 16.9 Å². The number of methoxy groups -OCH3 is 1. The minimum Gasteiger partial charge on any atom is -0.497 e. The Morgan fingerprint density at radius 2 is 1.94 bits per heavy atom. The van der Waals surface area contributed by atoms with Crippen LogP contribution in [0, 0.1) is 0 Å². The topological polar surface area (TPSA) is 21.3 Å². The van der Waals surface area contributed by atoms with Crippen LogP contribution < -0.4 is 10.1 Å². The average Bonchev–Trinajstić information content (AvgIpc) is 2.82. The first-order valence-corrected chi connectivity index (χ1v) is 7.48. The second kappa shape index (κ2) is 6.36. The molecule has 0 amide bonds. The normalized spacial score (nSPS) is 12.4. The fraction of sp³-hybridized carbons (Fsp3) is 0.286. The van der Waals surface area contributed by atoms with Crippen LogP contribution in [0.3, 0.4) is 0 Å². The van der Waals surface area contributed by atoms with Crippen molar-refractivity contribution in [1.29, 1.82) is 0 Å². The molecule has 4 heteroatoms. The predicted molar refractivity (Wildman–Crippen MR) is 80.5 cm³/mol. The number of ether oxygens (including phenoxy) is 1. The van der Waals surface area contributed by atoms with Crippen LogP contribution >= 0.6 is 27.3 Å². The lowest BCUT2D eigenvalue weighted by Gasteiger charge is -2.17. The molecule has 2 nitrogen and oxygen atoms in total. The second-order valence-electron chi connectivity index (χ2n) is 3.91. The molecule has 1 heterocycles. The molecule has 2 aromatic rings. The average molecular weight is 326 g/mol. The number of halogens is 1.